The van der Waals surface area contributed by atoms with E-state index in [1.54, 1.807) is 24.3 Å². The van der Waals surface area contributed by atoms with Crippen LogP contribution >= 0.6 is 11.6 Å². The third kappa shape index (κ3) is 3.94. The lowest BCUT2D eigenvalue weighted by atomic mass is 9.97. The highest BCUT2D eigenvalue weighted by molar-refractivity contribution is 6.47. The third-order valence-corrected chi connectivity index (χ3v) is 6.04. The summed E-state index contributed by atoms with van der Waals surface area (Å²) in [7, 11) is 0. The van der Waals surface area contributed by atoms with E-state index in [0.717, 1.165) is 22.3 Å². The molecule has 0 unspecified atom stereocenters. The van der Waals surface area contributed by atoms with Gasteiger partial charge < -0.3 is 4.90 Å². The molecule has 0 bridgehead atoms. The summed E-state index contributed by atoms with van der Waals surface area (Å²) in [5, 5.41) is 0.363. The predicted octanol–water partition coefficient (Wildman–Crippen LogP) is 5.76. The summed E-state index contributed by atoms with van der Waals surface area (Å²) >= 11 is 6.39. The van der Waals surface area contributed by atoms with Gasteiger partial charge in [-0.15, -0.1) is 0 Å². The summed E-state index contributed by atoms with van der Waals surface area (Å²) in [5.41, 5.74) is 5.12. The van der Waals surface area contributed by atoms with Gasteiger partial charge in [-0.05, 0) is 49.6 Å². The van der Waals surface area contributed by atoms with Crippen molar-refractivity contribution in [3.8, 4) is 0 Å². The molecule has 162 valence electrons. The normalized spacial score (nSPS) is 13.8. The number of benzene rings is 3. The van der Waals surface area contributed by atoms with Gasteiger partial charge >= 0.3 is 0 Å². The van der Waals surface area contributed by atoms with Crippen LogP contribution in [-0.4, -0.2) is 23.3 Å². The van der Waals surface area contributed by atoms with Gasteiger partial charge in [0.2, 0.25) is 0 Å². The Morgan fingerprint density at radius 2 is 1.56 bits per heavy atom. The molecular weight excluding hydrogens is 420 g/mol. The van der Waals surface area contributed by atoms with E-state index in [-0.39, 0.29) is 11.8 Å². The Balaban J connectivity index is 1.89. The molecule has 0 aromatic heterocycles. The van der Waals surface area contributed by atoms with Crippen LogP contribution in [0.25, 0.3) is 5.57 Å². The Morgan fingerprint density at radius 1 is 0.875 bits per heavy atom. The summed E-state index contributed by atoms with van der Waals surface area (Å²) in [4.78, 5) is 30.7. The monoisotopic (exact) mass is 444 g/mol. The summed E-state index contributed by atoms with van der Waals surface area (Å²) in [6.07, 6.45) is 0. The lowest BCUT2D eigenvalue weighted by Gasteiger charge is -2.25. The topological polar surface area (TPSA) is 40.6 Å². The average Bonchev–Trinajstić information content (AvgIpc) is 3.03. The van der Waals surface area contributed by atoms with Crippen LogP contribution in [0.3, 0.4) is 0 Å². The molecular formula is C27H25ClN2O2. The van der Waals surface area contributed by atoms with Gasteiger partial charge in [-0.2, -0.15) is 0 Å². The minimum atomic E-state index is -0.351. The first-order valence-electron chi connectivity index (χ1n) is 10.7. The summed E-state index contributed by atoms with van der Waals surface area (Å²) in [5.74, 6) is -0.701. The molecule has 0 radical (unpaired) electrons. The molecule has 0 spiro atoms. The highest BCUT2D eigenvalue weighted by Crippen LogP contribution is 2.38. The lowest BCUT2D eigenvalue weighted by molar-refractivity contribution is -0.120. The van der Waals surface area contributed by atoms with Gasteiger partial charge in [0, 0.05) is 13.1 Å². The van der Waals surface area contributed by atoms with Gasteiger partial charge in [0.15, 0.2) is 0 Å². The summed E-state index contributed by atoms with van der Waals surface area (Å²) in [6, 6.07) is 22.8. The molecule has 5 heteroatoms. The number of amides is 2. The number of hydrogen-bond acceptors (Lipinski definition) is 3. The zero-order valence-corrected chi connectivity index (χ0v) is 19.2. The van der Waals surface area contributed by atoms with Crippen LogP contribution in [0, 0.1) is 13.8 Å². The number of aryl methyl sites for hydroxylation is 2. The van der Waals surface area contributed by atoms with Gasteiger partial charge in [0.1, 0.15) is 5.70 Å². The molecule has 2 amide bonds. The second-order valence-electron chi connectivity index (χ2n) is 7.94. The quantitative estimate of drug-likeness (QED) is 0.453. The molecule has 0 atom stereocenters. The average molecular weight is 445 g/mol. The van der Waals surface area contributed by atoms with Gasteiger partial charge in [0.05, 0.1) is 16.3 Å². The molecule has 0 N–H and O–H groups in total. The van der Waals surface area contributed by atoms with E-state index in [4.69, 9.17) is 11.6 Å². The molecule has 3 aromatic rings. The van der Waals surface area contributed by atoms with Crippen molar-refractivity contribution in [3.63, 3.8) is 0 Å². The highest BCUT2D eigenvalue weighted by Gasteiger charge is 2.43. The second-order valence-corrected chi connectivity index (χ2v) is 8.35. The number of anilines is 1. The Hall–Kier alpha value is -3.37. The van der Waals surface area contributed by atoms with E-state index in [2.05, 4.69) is 0 Å². The molecule has 4 rings (SSSR count). The van der Waals surface area contributed by atoms with E-state index in [0.29, 0.717) is 35.1 Å². The fourth-order valence-corrected chi connectivity index (χ4v) is 4.37. The van der Waals surface area contributed by atoms with Crippen molar-refractivity contribution in [3.05, 3.63) is 106 Å². The number of nitrogens with zero attached hydrogens (tertiary/aromatic N) is 2. The maximum absolute atomic E-state index is 13.8. The van der Waals surface area contributed by atoms with Crippen LogP contribution in [0.2, 0.25) is 5.02 Å². The second kappa shape index (κ2) is 9.01. The SMILES string of the molecule is CCN(Cc1ccccc1)C1=C(c2ccc(C)cc2C)C(=O)N(c2ccccc2Cl)C1=O. The van der Waals surface area contributed by atoms with Crippen molar-refractivity contribution in [1.29, 1.82) is 0 Å². The first kappa shape index (κ1) is 21.8. The molecule has 4 nitrogen and oxygen atoms in total. The number of hydrogen-bond donors (Lipinski definition) is 0. The van der Waals surface area contributed by atoms with Crippen molar-refractivity contribution in [1.82, 2.24) is 4.90 Å². The standard InChI is InChI=1S/C27H25ClN2O2/c1-4-29(17-20-10-6-5-7-11-20)25-24(21-15-14-18(2)16-19(21)3)26(31)30(27(25)32)23-13-9-8-12-22(23)28/h5-16H,4,17H2,1-3H3. The van der Waals surface area contributed by atoms with E-state index < -0.39 is 0 Å². The number of carbonyl (C=O) groups is 2. The zero-order chi connectivity index (χ0) is 22.8. The molecule has 3 aromatic carbocycles. The van der Waals surface area contributed by atoms with Crippen LogP contribution in [0.5, 0.6) is 0 Å². The lowest BCUT2D eigenvalue weighted by Crippen LogP contribution is -2.35. The van der Waals surface area contributed by atoms with Crippen LogP contribution < -0.4 is 4.90 Å². The Labute approximate surface area is 193 Å². The number of rotatable bonds is 6. The number of likely N-dealkylation sites (N-methyl/N-ethyl adjacent to an activating group) is 1. The fourth-order valence-electron chi connectivity index (χ4n) is 4.15. The number of halogens is 1. The van der Waals surface area contributed by atoms with Crippen molar-refractivity contribution in [2.45, 2.75) is 27.3 Å². The van der Waals surface area contributed by atoms with Crippen LogP contribution in [0.4, 0.5) is 5.69 Å². The maximum atomic E-state index is 13.8. The van der Waals surface area contributed by atoms with Crippen LogP contribution in [-0.2, 0) is 16.1 Å². The number of carbonyl (C=O) groups excluding carboxylic acids is 2. The zero-order valence-electron chi connectivity index (χ0n) is 18.4. The van der Waals surface area contributed by atoms with Crippen molar-refractivity contribution < 1.29 is 9.59 Å². The highest BCUT2D eigenvalue weighted by atomic mass is 35.5. The van der Waals surface area contributed by atoms with Gasteiger partial charge in [-0.3, -0.25) is 9.59 Å². The number of para-hydroxylation sites is 1. The largest absolute Gasteiger partial charge is 0.362 e. The maximum Gasteiger partial charge on any atom is 0.282 e. The number of imide groups is 1. The third-order valence-electron chi connectivity index (χ3n) is 5.72. The van der Waals surface area contributed by atoms with Gasteiger partial charge in [0.25, 0.3) is 11.8 Å². The summed E-state index contributed by atoms with van der Waals surface area (Å²) < 4.78 is 0. The van der Waals surface area contributed by atoms with E-state index in [1.165, 1.54) is 4.90 Å². The van der Waals surface area contributed by atoms with Gasteiger partial charge in [-0.1, -0.05) is 77.8 Å². The molecule has 0 fully saturated rings. The first-order valence-corrected chi connectivity index (χ1v) is 11.0. The van der Waals surface area contributed by atoms with E-state index in [9.17, 15) is 9.59 Å². The fraction of sp³-hybridized carbons (Fsp3) is 0.185. The Morgan fingerprint density at radius 3 is 2.22 bits per heavy atom. The Kier molecular flexibility index (Phi) is 6.15. The predicted molar refractivity (Wildman–Crippen MR) is 129 cm³/mol. The molecule has 32 heavy (non-hydrogen) atoms. The Bertz CT molecular complexity index is 1220. The first-order chi connectivity index (χ1) is 15.4. The molecule has 1 aliphatic heterocycles. The molecule has 0 aliphatic carbocycles. The molecule has 0 saturated carbocycles. The van der Waals surface area contributed by atoms with Gasteiger partial charge in [-0.25, -0.2) is 4.90 Å². The minimum Gasteiger partial charge on any atom is -0.362 e. The van der Waals surface area contributed by atoms with Crippen molar-refractivity contribution in [2.24, 2.45) is 0 Å². The molecule has 1 aliphatic rings. The minimum absolute atomic E-state index is 0.350. The van der Waals surface area contributed by atoms with E-state index in [1.807, 2.05) is 74.2 Å². The van der Waals surface area contributed by atoms with E-state index >= 15 is 0 Å². The molecule has 1 heterocycles. The van der Waals surface area contributed by atoms with Crippen LogP contribution in [0.15, 0.2) is 78.5 Å². The molecule has 0 saturated heterocycles. The smallest absolute Gasteiger partial charge is 0.282 e. The van der Waals surface area contributed by atoms with Crippen LogP contribution in [0.1, 0.15) is 29.2 Å². The summed E-state index contributed by atoms with van der Waals surface area (Å²) in [6.45, 7) is 7.07. The van der Waals surface area contributed by atoms with Crippen molar-refractivity contribution in [2.75, 3.05) is 11.4 Å². The van der Waals surface area contributed by atoms with Crippen molar-refractivity contribution >= 4 is 34.7 Å².